The van der Waals surface area contributed by atoms with Gasteiger partial charge in [0.05, 0.1) is 0 Å². The minimum atomic E-state index is -1.01. The maximum Gasteiger partial charge on any atom is 0.323 e. The Bertz CT molecular complexity index is 745. The van der Waals surface area contributed by atoms with Crippen LogP contribution in [0.2, 0.25) is 0 Å². The number of hydrogen-bond donors (Lipinski definition) is 1. The van der Waals surface area contributed by atoms with Crippen LogP contribution in [0.25, 0.3) is 0 Å². The number of nitrogens with zero attached hydrogens (tertiary/aromatic N) is 1. The molecule has 1 saturated carbocycles. The van der Waals surface area contributed by atoms with Crippen LogP contribution in [-0.2, 0) is 16.0 Å². The average Bonchev–Trinajstić information content (AvgIpc) is 3.40. The van der Waals surface area contributed by atoms with Crippen molar-refractivity contribution < 1.29 is 19.1 Å². The SMILES string of the molecule is O=C(O)CN(CCc1ccccc1)C(=O)C1CC1c1ccc(F)cc1. The van der Waals surface area contributed by atoms with Gasteiger partial charge in [-0.25, -0.2) is 4.39 Å². The predicted octanol–water partition coefficient (Wildman–Crippen LogP) is 3.09. The van der Waals surface area contributed by atoms with Gasteiger partial charge >= 0.3 is 5.97 Å². The van der Waals surface area contributed by atoms with Gasteiger partial charge in [0, 0.05) is 12.5 Å². The monoisotopic (exact) mass is 341 g/mol. The molecule has 25 heavy (non-hydrogen) atoms. The first kappa shape index (κ1) is 17.1. The lowest BCUT2D eigenvalue weighted by Crippen LogP contribution is -2.38. The van der Waals surface area contributed by atoms with Crippen LogP contribution in [0.15, 0.2) is 54.6 Å². The van der Waals surface area contributed by atoms with E-state index in [0.29, 0.717) is 19.4 Å². The van der Waals surface area contributed by atoms with Crippen molar-refractivity contribution in [3.05, 3.63) is 71.5 Å². The standard InChI is InChI=1S/C20H20FNO3/c21-16-8-6-15(7-9-16)17-12-18(17)20(25)22(13-19(23)24)11-10-14-4-2-1-3-5-14/h1-9,17-18H,10-13H2,(H,23,24). The van der Waals surface area contributed by atoms with Crippen LogP contribution in [0.1, 0.15) is 23.5 Å². The van der Waals surface area contributed by atoms with Gasteiger partial charge in [0.2, 0.25) is 5.91 Å². The van der Waals surface area contributed by atoms with Crippen LogP contribution in [0.4, 0.5) is 4.39 Å². The molecule has 0 heterocycles. The smallest absolute Gasteiger partial charge is 0.323 e. The van der Waals surface area contributed by atoms with Crippen molar-refractivity contribution in [3.8, 4) is 0 Å². The van der Waals surface area contributed by atoms with Crippen molar-refractivity contribution in [2.45, 2.75) is 18.8 Å². The molecule has 2 aromatic carbocycles. The molecule has 5 heteroatoms. The topological polar surface area (TPSA) is 57.6 Å². The maximum atomic E-state index is 13.0. The molecule has 130 valence electrons. The van der Waals surface area contributed by atoms with Crippen LogP contribution in [0, 0.1) is 11.7 Å². The summed E-state index contributed by atoms with van der Waals surface area (Å²) in [6, 6.07) is 15.8. The van der Waals surface area contributed by atoms with Crippen LogP contribution in [0.5, 0.6) is 0 Å². The van der Waals surface area contributed by atoms with Crippen molar-refractivity contribution in [1.29, 1.82) is 0 Å². The Kier molecular flexibility index (Phi) is 5.12. The van der Waals surface area contributed by atoms with E-state index < -0.39 is 5.97 Å². The van der Waals surface area contributed by atoms with Crippen LogP contribution in [-0.4, -0.2) is 35.0 Å². The Morgan fingerprint density at radius 2 is 1.76 bits per heavy atom. The quantitative estimate of drug-likeness (QED) is 0.842. The van der Waals surface area contributed by atoms with E-state index in [1.165, 1.54) is 17.0 Å². The highest BCUT2D eigenvalue weighted by Gasteiger charge is 2.45. The summed E-state index contributed by atoms with van der Waals surface area (Å²) >= 11 is 0. The summed E-state index contributed by atoms with van der Waals surface area (Å²) in [5.74, 6) is -1.60. The Morgan fingerprint density at radius 1 is 1.08 bits per heavy atom. The Morgan fingerprint density at radius 3 is 2.40 bits per heavy atom. The molecule has 3 rings (SSSR count). The number of aliphatic carboxylic acids is 1. The van der Waals surface area contributed by atoms with Gasteiger partial charge in [-0.05, 0) is 42.0 Å². The first-order valence-electron chi connectivity index (χ1n) is 8.34. The molecule has 1 aliphatic rings. The third-order valence-electron chi connectivity index (χ3n) is 4.56. The molecular formula is C20H20FNO3. The number of rotatable bonds is 7. The summed E-state index contributed by atoms with van der Waals surface area (Å²) in [7, 11) is 0. The third kappa shape index (κ3) is 4.44. The van der Waals surface area contributed by atoms with E-state index in [0.717, 1.165) is 11.1 Å². The fourth-order valence-corrected chi connectivity index (χ4v) is 3.12. The molecule has 1 N–H and O–H groups in total. The predicted molar refractivity (Wildman–Crippen MR) is 91.6 cm³/mol. The van der Waals surface area contributed by atoms with Gasteiger partial charge in [0.1, 0.15) is 12.4 Å². The molecule has 4 nitrogen and oxygen atoms in total. The fraction of sp³-hybridized carbons (Fsp3) is 0.300. The van der Waals surface area contributed by atoms with Crippen LogP contribution in [0.3, 0.4) is 0 Å². The van der Waals surface area contributed by atoms with Crippen molar-refractivity contribution in [1.82, 2.24) is 4.90 Å². The number of hydrogen-bond acceptors (Lipinski definition) is 2. The number of carboxylic acid groups (broad SMARTS) is 1. The third-order valence-corrected chi connectivity index (χ3v) is 4.56. The van der Waals surface area contributed by atoms with Gasteiger partial charge < -0.3 is 10.0 Å². The highest BCUT2D eigenvalue weighted by molar-refractivity contribution is 5.86. The molecule has 0 aromatic heterocycles. The van der Waals surface area contributed by atoms with E-state index in [9.17, 15) is 14.0 Å². The van der Waals surface area contributed by atoms with Gasteiger partial charge in [-0.3, -0.25) is 9.59 Å². The number of amides is 1. The molecule has 1 amide bonds. The first-order chi connectivity index (χ1) is 12.0. The molecule has 0 aliphatic heterocycles. The summed E-state index contributed by atoms with van der Waals surface area (Å²) in [6.07, 6.45) is 1.31. The van der Waals surface area contributed by atoms with Crippen molar-refractivity contribution in [2.75, 3.05) is 13.1 Å². The Labute approximate surface area is 145 Å². The van der Waals surface area contributed by atoms with E-state index in [1.54, 1.807) is 12.1 Å². The zero-order valence-electron chi connectivity index (χ0n) is 13.8. The van der Waals surface area contributed by atoms with Gasteiger partial charge in [-0.2, -0.15) is 0 Å². The molecule has 1 aliphatic carbocycles. The molecule has 0 saturated heterocycles. The number of carboxylic acids is 1. The first-order valence-corrected chi connectivity index (χ1v) is 8.34. The zero-order chi connectivity index (χ0) is 17.8. The minimum Gasteiger partial charge on any atom is -0.480 e. The zero-order valence-corrected chi connectivity index (χ0v) is 13.8. The summed E-state index contributed by atoms with van der Waals surface area (Å²) < 4.78 is 13.0. The van der Waals surface area contributed by atoms with Gasteiger partial charge in [-0.1, -0.05) is 42.5 Å². The second kappa shape index (κ2) is 7.47. The number of halogens is 1. The molecule has 2 atom stereocenters. The number of carbonyl (C=O) groups excluding carboxylic acids is 1. The Balaban J connectivity index is 1.63. The van der Waals surface area contributed by atoms with Gasteiger partial charge in [-0.15, -0.1) is 0 Å². The van der Waals surface area contributed by atoms with Gasteiger partial charge in [0.15, 0.2) is 0 Å². The molecule has 2 unspecified atom stereocenters. The highest BCUT2D eigenvalue weighted by atomic mass is 19.1. The van der Waals surface area contributed by atoms with Crippen molar-refractivity contribution in [3.63, 3.8) is 0 Å². The largest absolute Gasteiger partial charge is 0.480 e. The maximum absolute atomic E-state index is 13.0. The second-order valence-corrected chi connectivity index (χ2v) is 6.39. The van der Waals surface area contributed by atoms with E-state index >= 15 is 0 Å². The van der Waals surface area contributed by atoms with E-state index in [1.807, 2.05) is 30.3 Å². The second-order valence-electron chi connectivity index (χ2n) is 6.39. The van der Waals surface area contributed by atoms with E-state index in [2.05, 4.69) is 0 Å². The lowest BCUT2D eigenvalue weighted by atomic mass is 10.1. The number of carbonyl (C=O) groups is 2. The fourth-order valence-electron chi connectivity index (χ4n) is 3.12. The lowest BCUT2D eigenvalue weighted by molar-refractivity contribution is -0.145. The van der Waals surface area contributed by atoms with Gasteiger partial charge in [0.25, 0.3) is 0 Å². The summed E-state index contributed by atoms with van der Waals surface area (Å²) in [4.78, 5) is 25.2. The van der Waals surface area contributed by atoms with Crippen LogP contribution < -0.4 is 0 Å². The normalized spacial score (nSPS) is 18.6. The van der Waals surface area contributed by atoms with Crippen molar-refractivity contribution >= 4 is 11.9 Å². The van der Waals surface area contributed by atoms with E-state index in [4.69, 9.17) is 5.11 Å². The highest BCUT2D eigenvalue weighted by Crippen LogP contribution is 2.48. The molecular weight excluding hydrogens is 321 g/mol. The number of benzene rings is 2. The molecule has 0 bridgehead atoms. The molecule has 2 aromatic rings. The summed E-state index contributed by atoms with van der Waals surface area (Å²) in [5, 5.41) is 9.11. The minimum absolute atomic E-state index is 0.0566. The summed E-state index contributed by atoms with van der Waals surface area (Å²) in [5.41, 5.74) is 2.00. The Hall–Kier alpha value is -2.69. The average molecular weight is 341 g/mol. The van der Waals surface area contributed by atoms with Crippen LogP contribution >= 0.6 is 0 Å². The van der Waals surface area contributed by atoms with Crippen molar-refractivity contribution in [2.24, 2.45) is 5.92 Å². The lowest BCUT2D eigenvalue weighted by Gasteiger charge is -2.21. The molecule has 0 spiro atoms. The molecule has 0 radical (unpaired) electrons. The summed E-state index contributed by atoms with van der Waals surface area (Å²) in [6.45, 7) is 0.0834. The van der Waals surface area contributed by atoms with E-state index in [-0.39, 0.29) is 30.1 Å². The molecule has 1 fully saturated rings.